The molecule has 38 heavy (non-hydrogen) atoms. The number of benzene rings is 2. The van der Waals surface area contributed by atoms with Crippen LogP contribution in [0.3, 0.4) is 0 Å². The van der Waals surface area contributed by atoms with Crippen LogP contribution in [0.5, 0.6) is 0 Å². The fraction of sp³-hybridized carbons (Fsp3) is 0.179. The number of nitrogens with one attached hydrogen (secondary N) is 2. The number of non-ortho nitro benzene ring substituents is 1. The number of pyridine rings is 1. The molecule has 1 fully saturated rings. The number of nitro groups is 1. The van der Waals surface area contributed by atoms with Crippen molar-refractivity contribution in [2.45, 2.75) is 32.4 Å². The number of hydrogen-bond donors (Lipinski definition) is 2. The van der Waals surface area contributed by atoms with E-state index in [9.17, 15) is 14.9 Å². The molecule has 0 saturated carbocycles. The third kappa shape index (κ3) is 4.73. The first kappa shape index (κ1) is 25.1. The molecule has 1 aliphatic rings. The van der Waals surface area contributed by atoms with Crippen LogP contribution >= 0.6 is 12.2 Å². The standard InChI is InChI=1S/C28H26N6O3S/c1-3-25(35)30-22-13-12-20(16-18(22)2)33-27(26(31-28(33)38)23-10-4-5-14-29-23)24-11-7-15-32(24)19-8-6-9-21(17-19)34(36)37/h4-17,26-27H,3H2,1-2H3,(H,30,35)(H,31,38)/t26-,27+/m1/s1. The number of hydrogen-bond acceptors (Lipinski definition) is 5. The maximum Gasteiger partial charge on any atom is 0.271 e. The summed E-state index contributed by atoms with van der Waals surface area (Å²) in [5.74, 6) is -0.0536. The minimum Gasteiger partial charge on any atom is -0.351 e. The molecule has 1 amide bonds. The number of anilines is 2. The highest BCUT2D eigenvalue weighted by Gasteiger charge is 2.42. The van der Waals surface area contributed by atoms with Crippen molar-refractivity contribution in [2.75, 3.05) is 10.2 Å². The highest BCUT2D eigenvalue weighted by Crippen LogP contribution is 2.43. The van der Waals surface area contributed by atoms with Gasteiger partial charge < -0.3 is 20.1 Å². The van der Waals surface area contributed by atoms with Gasteiger partial charge in [0.15, 0.2) is 5.11 Å². The fourth-order valence-electron chi connectivity index (χ4n) is 4.74. The van der Waals surface area contributed by atoms with Crippen molar-refractivity contribution in [2.24, 2.45) is 0 Å². The van der Waals surface area contributed by atoms with E-state index >= 15 is 0 Å². The summed E-state index contributed by atoms with van der Waals surface area (Å²) >= 11 is 5.85. The van der Waals surface area contributed by atoms with Crippen LogP contribution in [-0.2, 0) is 4.79 Å². The second kappa shape index (κ2) is 10.4. The van der Waals surface area contributed by atoms with Gasteiger partial charge in [-0.25, -0.2) is 0 Å². The van der Waals surface area contributed by atoms with E-state index in [1.54, 1.807) is 18.3 Å². The molecule has 5 rings (SSSR count). The SMILES string of the molecule is CCC(=O)Nc1ccc(N2C(=S)N[C@H](c3ccccn3)[C@@H]2c2cccn2-c2cccc([N+](=O)[O-])c2)cc1C. The molecule has 0 radical (unpaired) electrons. The molecule has 0 bridgehead atoms. The van der Waals surface area contributed by atoms with Crippen LogP contribution in [0.4, 0.5) is 17.1 Å². The lowest BCUT2D eigenvalue weighted by molar-refractivity contribution is -0.384. The van der Waals surface area contributed by atoms with Crippen molar-refractivity contribution in [1.29, 1.82) is 0 Å². The Bertz CT molecular complexity index is 1520. The van der Waals surface area contributed by atoms with Gasteiger partial charge in [0.2, 0.25) is 5.91 Å². The molecule has 1 saturated heterocycles. The topological polar surface area (TPSA) is 105 Å². The van der Waals surface area contributed by atoms with Crippen molar-refractivity contribution in [3.8, 4) is 5.69 Å². The monoisotopic (exact) mass is 526 g/mol. The molecule has 3 heterocycles. The number of nitrogens with zero attached hydrogens (tertiary/aromatic N) is 4. The Morgan fingerprint density at radius 2 is 1.95 bits per heavy atom. The van der Waals surface area contributed by atoms with Crippen LogP contribution in [0.2, 0.25) is 0 Å². The van der Waals surface area contributed by atoms with E-state index in [1.165, 1.54) is 6.07 Å². The maximum atomic E-state index is 12.0. The third-order valence-corrected chi connectivity index (χ3v) is 6.90. The number of amides is 1. The molecule has 1 aliphatic heterocycles. The van der Waals surface area contributed by atoms with Crippen LogP contribution in [0.25, 0.3) is 5.69 Å². The van der Waals surface area contributed by atoms with Crippen LogP contribution < -0.4 is 15.5 Å². The molecule has 2 aromatic heterocycles. The second-order valence-electron chi connectivity index (χ2n) is 8.98. The molecule has 9 nitrogen and oxygen atoms in total. The number of carbonyl (C=O) groups excluding carboxylic acids is 1. The molecule has 10 heteroatoms. The van der Waals surface area contributed by atoms with Gasteiger partial charge in [-0.2, -0.15) is 0 Å². The Kier molecular flexibility index (Phi) is 6.89. The lowest BCUT2D eigenvalue weighted by atomic mass is 10.00. The summed E-state index contributed by atoms with van der Waals surface area (Å²) in [6, 6.07) is 21.4. The van der Waals surface area contributed by atoms with Crippen molar-refractivity contribution in [1.82, 2.24) is 14.9 Å². The Labute approximate surface area is 225 Å². The Hall–Kier alpha value is -4.57. The molecule has 2 aromatic carbocycles. The zero-order chi connectivity index (χ0) is 26.8. The largest absolute Gasteiger partial charge is 0.351 e. The molecule has 2 N–H and O–H groups in total. The predicted molar refractivity (Wildman–Crippen MR) is 150 cm³/mol. The van der Waals surface area contributed by atoms with Crippen molar-refractivity contribution < 1.29 is 9.72 Å². The first-order valence-corrected chi connectivity index (χ1v) is 12.6. The Balaban J connectivity index is 1.62. The zero-order valence-electron chi connectivity index (χ0n) is 20.9. The predicted octanol–water partition coefficient (Wildman–Crippen LogP) is 5.61. The van der Waals surface area contributed by atoms with E-state index in [2.05, 4.69) is 15.6 Å². The highest BCUT2D eigenvalue weighted by atomic mass is 32.1. The number of carbonyl (C=O) groups is 1. The Morgan fingerprint density at radius 3 is 2.66 bits per heavy atom. The van der Waals surface area contributed by atoms with Gasteiger partial charge in [-0.15, -0.1) is 0 Å². The van der Waals surface area contributed by atoms with Gasteiger partial charge in [0.1, 0.15) is 6.04 Å². The first-order valence-electron chi connectivity index (χ1n) is 12.2. The number of rotatable bonds is 7. The lowest BCUT2D eigenvalue weighted by Gasteiger charge is -2.29. The molecule has 2 atom stereocenters. The van der Waals surface area contributed by atoms with Gasteiger partial charge in [-0.1, -0.05) is 19.1 Å². The van der Waals surface area contributed by atoms with Gasteiger partial charge in [-0.05, 0) is 73.2 Å². The zero-order valence-corrected chi connectivity index (χ0v) is 21.7. The number of aryl methyl sites for hydroxylation is 1. The van der Waals surface area contributed by atoms with Crippen LogP contribution in [0.15, 0.2) is 85.2 Å². The normalized spacial score (nSPS) is 16.8. The van der Waals surface area contributed by atoms with Gasteiger partial charge in [0.25, 0.3) is 5.69 Å². The van der Waals surface area contributed by atoms with E-state index in [4.69, 9.17) is 12.2 Å². The maximum absolute atomic E-state index is 12.0. The smallest absolute Gasteiger partial charge is 0.271 e. The second-order valence-corrected chi connectivity index (χ2v) is 9.36. The summed E-state index contributed by atoms with van der Waals surface area (Å²) in [6.07, 6.45) is 4.02. The number of aromatic nitrogens is 2. The van der Waals surface area contributed by atoms with E-state index in [0.717, 1.165) is 28.3 Å². The number of nitro benzene ring substituents is 1. The van der Waals surface area contributed by atoms with Gasteiger partial charge in [0.05, 0.1) is 22.3 Å². The first-order chi connectivity index (χ1) is 18.4. The minimum absolute atomic E-state index is 0.0145. The van der Waals surface area contributed by atoms with Crippen molar-refractivity contribution in [3.05, 3.63) is 112 Å². The van der Waals surface area contributed by atoms with Gasteiger partial charge >= 0.3 is 0 Å². The van der Waals surface area contributed by atoms with Crippen molar-refractivity contribution in [3.63, 3.8) is 0 Å². The number of thiocarbonyl (C=S) groups is 1. The molecule has 192 valence electrons. The summed E-state index contributed by atoms with van der Waals surface area (Å²) in [5, 5.41) is 18.4. The highest BCUT2D eigenvalue weighted by molar-refractivity contribution is 7.80. The summed E-state index contributed by atoms with van der Waals surface area (Å²) in [4.78, 5) is 29.7. The lowest BCUT2D eigenvalue weighted by Crippen LogP contribution is -2.30. The molecular formula is C28H26N6O3S. The molecule has 0 unspecified atom stereocenters. The van der Waals surface area contributed by atoms with E-state index in [0.29, 0.717) is 17.2 Å². The van der Waals surface area contributed by atoms with Gasteiger partial charge in [-0.3, -0.25) is 19.9 Å². The third-order valence-electron chi connectivity index (χ3n) is 6.58. The summed E-state index contributed by atoms with van der Waals surface area (Å²) in [7, 11) is 0. The summed E-state index contributed by atoms with van der Waals surface area (Å²) < 4.78 is 1.94. The van der Waals surface area contributed by atoms with E-state index in [-0.39, 0.29) is 23.7 Å². The van der Waals surface area contributed by atoms with Crippen LogP contribution in [0, 0.1) is 17.0 Å². The Morgan fingerprint density at radius 1 is 1.11 bits per heavy atom. The van der Waals surface area contributed by atoms with Crippen LogP contribution in [-0.4, -0.2) is 25.5 Å². The average molecular weight is 527 g/mol. The van der Waals surface area contributed by atoms with E-state index < -0.39 is 4.92 Å². The summed E-state index contributed by atoms with van der Waals surface area (Å²) in [6.45, 7) is 3.75. The molecular weight excluding hydrogens is 500 g/mol. The van der Waals surface area contributed by atoms with Gasteiger partial charge in [0, 0.05) is 48.0 Å². The average Bonchev–Trinajstić information content (AvgIpc) is 3.54. The van der Waals surface area contributed by atoms with E-state index in [1.807, 2.05) is 84.1 Å². The minimum atomic E-state index is -0.399. The van der Waals surface area contributed by atoms with Crippen molar-refractivity contribution >= 4 is 40.3 Å². The fourth-order valence-corrected chi connectivity index (χ4v) is 5.08. The van der Waals surface area contributed by atoms with Crippen LogP contribution in [0.1, 0.15) is 42.4 Å². The quantitative estimate of drug-likeness (QED) is 0.183. The molecule has 4 aromatic rings. The summed E-state index contributed by atoms with van der Waals surface area (Å²) in [5.41, 5.74) is 4.89. The molecule has 0 spiro atoms. The molecule has 0 aliphatic carbocycles.